The number of fused-ring (bicyclic) bond motifs is 3. The molecule has 2 aromatic carbocycles. The van der Waals surface area contributed by atoms with Gasteiger partial charge in [-0.1, -0.05) is 55.5 Å². The van der Waals surface area contributed by atoms with Crippen LogP contribution in [0.1, 0.15) is 30.4 Å². The SMILES string of the molecule is CC[C@@H](NC(=O)OCC1c2ccccc2-c2ccccc21)C(=O)O. The molecule has 0 heterocycles. The van der Waals surface area contributed by atoms with E-state index in [1.165, 1.54) is 0 Å². The zero-order chi connectivity index (χ0) is 17.1. The number of hydrogen-bond donors (Lipinski definition) is 2. The van der Waals surface area contributed by atoms with Crippen LogP contribution in [0.15, 0.2) is 48.5 Å². The van der Waals surface area contributed by atoms with Gasteiger partial charge in [0.1, 0.15) is 12.6 Å². The molecular formula is C19H19NO4. The number of carboxylic acid groups (broad SMARTS) is 1. The van der Waals surface area contributed by atoms with E-state index in [-0.39, 0.29) is 12.5 Å². The zero-order valence-electron chi connectivity index (χ0n) is 13.4. The largest absolute Gasteiger partial charge is 0.480 e. The van der Waals surface area contributed by atoms with Crippen molar-refractivity contribution < 1.29 is 19.4 Å². The third-order valence-corrected chi connectivity index (χ3v) is 4.34. The molecule has 1 aliphatic rings. The third kappa shape index (κ3) is 2.97. The van der Waals surface area contributed by atoms with Crippen LogP contribution in [0.2, 0.25) is 0 Å². The minimum Gasteiger partial charge on any atom is -0.480 e. The number of benzene rings is 2. The Morgan fingerprint density at radius 3 is 2.12 bits per heavy atom. The van der Waals surface area contributed by atoms with Gasteiger partial charge in [0.15, 0.2) is 0 Å². The molecule has 1 aliphatic carbocycles. The van der Waals surface area contributed by atoms with Crippen LogP contribution in [0.5, 0.6) is 0 Å². The fourth-order valence-electron chi connectivity index (χ4n) is 3.12. The molecule has 0 unspecified atom stereocenters. The van der Waals surface area contributed by atoms with Crippen LogP contribution in [0.4, 0.5) is 4.79 Å². The van der Waals surface area contributed by atoms with Gasteiger partial charge in [-0.15, -0.1) is 0 Å². The Bertz CT molecular complexity index is 726. The van der Waals surface area contributed by atoms with Crippen LogP contribution in [0, 0.1) is 0 Å². The van der Waals surface area contributed by atoms with Gasteiger partial charge in [0.05, 0.1) is 0 Å². The molecule has 2 N–H and O–H groups in total. The molecule has 5 nitrogen and oxygen atoms in total. The van der Waals surface area contributed by atoms with Gasteiger partial charge < -0.3 is 15.2 Å². The highest BCUT2D eigenvalue weighted by molar-refractivity contribution is 5.81. The highest BCUT2D eigenvalue weighted by Crippen LogP contribution is 2.44. The highest BCUT2D eigenvalue weighted by Gasteiger charge is 2.29. The molecule has 0 radical (unpaired) electrons. The standard InChI is InChI=1S/C19H19NO4/c1-2-17(18(21)22)20-19(23)24-11-16-14-9-5-3-7-12(14)13-8-4-6-10-15(13)16/h3-10,16-17H,2,11H2,1H3,(H,20,23)(H,21,22)/t17-/m1/s1. The molecule has 1 atom stereocenters. The van der Waals surface area contributed by atoms with Crippen molar-refractivity contribution in [1.29, 1.82) is 0 Å². The van der Waals surface area contributed by atoms with Crippen molar-refractivity contribution >= 4 is 12.1 Å². The Morgan fingerprint density at radius 1 is 1.08 bits per heavy atom. The molecule has 1 amide bonds. The number of hydrogen-bond acceptors (Lipinski definition) is 3. The molecule has 3 rings (SSSR count). The van der Waals surface area contributed by atoms with Gasteiger partial charge in [0, 0.05) is 5.92 Å². The fraction of sp³-hybridized carbons (Fsp3) is 0.263. The molecule has 5 heteroatoms. The maximum atomic E-state index is 11.9. The number of rotatable bonds is 5. The summed E-state index contributed by atoms with van der Waals surface area (Å²) in [4.78, 5) is 22.9. The van der Waals surface area contributed by atoms with E-state index in [9.17, 15) is 9.59 Å². The third-order valence-electron chi connectivity index (χ3n) is 4.34. The van der Waals surface area contributed by atoms with Crippen molar-refractivity contribution in [3.05, 3.63) is 59.7 Å². The van der Waals surface area contributed by atoms with Crippen molar-refractivity contribution in [2.45, 2.75) is 25.3 Å². The van der Waals surface area contributed by atoms with E-state index < -0.39 is 18.1 Å². The lowest BCUT2D eigenvalue weighted by Crippen LogP contribution is -2.40. The summed E-state index contributed by atoms with van der Waals surface area (Å²) in [5.41, 5.74) is 4.55. The van der Waals surface area contributed by atoms with E-state index in [1.54, 1.807) is 6.92 Å². The number of aliphatic carboxylic acids is 1. The van der Waals surface area contributed by atoms with E-state index >= 15 is 0 Å². The molecule has 2 aromatic rings. The maximum Gasteiger partial charge on any atom is 0.407 e. The summed E-state index contributed by atoms with van der Waals surface area (Å²) in [5, 5.41) is 11.4. The van der Waals surface area contributed by atoms with E-state index in [2.05, 4.69) is 17.4 Å². The summed E-state index contributed by atoms with van der Waals surface area (Å²) in [6.45, 7) is 1.87. The maximum absolute atomic E-state index is 11.9. The summed E-state index contributed by atoms with van der Waals surface area (Å²) in [5.74, 6) is -1.10. The van der Waals surface area contributed by atoms with Crippen molar-refractivity contribution in [2.24, 2.45) is 0 Å². The molecule has 0 spiro atoms. The second kappa shape index (κ2) is 6.74. The number of ether oxygens (including phenoxy) is 1. The van der Waals surface area contributed by atoms with Gasteiger partial charge in [0.2, 0.25) is 0 Å². The van der Waals surface area contributed by atoms with Gasteiger partial charge in [-0.3, -0.25) is 0 Å². The Kier molecular flexibility index (Phi) is 4.51. The summed E-state index contributed by atoms with van der Waals surface area (Å²) in [6, 6.07) is 15.2. The van der Waals surface area contributed by atoms with Crippen molar-refractivity contribution in [1.82, 2.24) is 5.32 Å². The van der Waals surface area contributed by atoms with Gasteiger partial charge in [-0.05, 0) is 28.7 Å². The summed E-state index contributed by atoms with van der Waals surface area (Å²) < 4.78 is 5.31. The van der Waals surface area contributed by atoms with Crippen LogP contribution in [-0.4, -0.2) is 29.8 Å². The smallest absolute Gasteiger partial charge is 0.407 e. The Balaban J connectivity index is 1.74. The molecule has 0 aromatic heterocycles. The topological polar surface area (TPSA) is 75.6 Å². The number of amides is 1. The molecule has 124 valence electrons. The van der Waals surface area contributed by atoms with Crippen molar-refractivity contribution in [3.63, 3.8) is 0 Å². The van der Waals surface area contributed by atoms with E-state index in [0.29, 0.717) is 6.42 Å². The van der Waals surface area contributed by atoms with Gasteiger partial charge in [-0.2, -0.15) is 0 Å². The van der Waals surface area contributed by atoms with Gasteiger partial charge in [0.25, 0.3) is 0 Å². The summed E-state index contributed by atoms with van der Waals surface area (Å²) >= 11 is 0. The minimum absolute atomic E-state index is 0.0342. The van der Waals surface area contributed by atoms with Crippen molar-refractivity contribution in [3.8, 4) is 11.1 Å². The number of carboxylic acids is 1. The molecule has 0 fully saturated rings. The van der Waals surface area contributed by atoms with E-state index in [0.717, 1.165) is 22.3 Å². The number of carbonyl (C=O) groups is 2. The lowest BCUT2D eigenvalue weighted by molar-refractivity contribution is -0.139. The first kappa shape index (κ1) is 16.1. The van der Waals surface area contributed by atoms with Crippen LogP contribution in [-0.2, 0) is 9.53 Å². The molecule has 0 bridgehead atoms. The lowest BCUT2D eigenvalue weighted by Gasteiger charge is -2.16. The normalized spacial score (nSPS) is 13.7. The predicted octanol–water partition coefficient (Wildman–Crippen LogP) is 3.39. The average molecular weight is 325 g/mol. The Hall–Kier alpha value is -2.82. The fourth-order valence-corrected chi connectivity index (χ4v) is 3.12. The average Bonchev–Trinajstić information content (AvgIpc) is 2.91. The number of carbonyl (C=O) groups excluding carboxylic acids is 1. The highest BCUT2D eigenvalue weighted by atomic mass is 16.5. The second-order valence-electron chi connectivity index (χ2n) is 5.77. The summed E-state index contributed by atoms with van der Waals surface area (Å²) in [7, 11) is 0. The monoisotopic (exact) mass is 325 g/mol. The molecule has 0 saturated carbocycles. The van der Waals surface area contributed by atoms with Gasteiger partial charge in [-0.25, -0.2) is 9.59 Å². The molecule has 0 saturated heterocycles. The van der Waals surface area contributed by atoms with Crippen LogP contribution in [0.25, 0.3) is 11.1 Å². The van der Waals surface area contributed by atoms with Crippen LogP contribution in [0.3, 0.4) is 0 Å². The first-order valence-corrected chi connectivity index (χ1v) is 7.96. The molecular weight excluding hydrogens is 306 g/mol. The van der Waals surface area contributed by atoms with Crippen molar-refractivity contribution in [2.75, 3.05) is 6.61 Å². The van der Waals surface area contributed by atoms with Crippen LogP contribution < -0.4 is 5.32 Å². The van der Waals surface area contributed by atoms with E-state index in [1.807, 2.05) is 36.4 Å². The molecule has 24 heavy (non-hydrogen) atoms. The predicted molar refractivity (Wildman–Crippen MR) is 89.9 cm³/mol. The lowest BCUT2D eigenvalue weighted by atomic mass is 9.98. The number of alkyl carbamates (subject to hydrolysis) is 1. The number of nitrogens with one attached hydrogen (secondary N) is 1. The summed E-state index contributed by atoms with van der Waals surface area (Å²) in [6.07, 6.45) is -0.398. The minimum atomic E-state index is -1.06. The van der Waals surface area contributed by atoms with Gasteiger partial charge >= 0.3 is 12.1 Å². The Morgan fingerprint density at radius 2 is 1.62 bits per heavy atom. The zero-order valence-corrected chi connectivity index (χ0v) is 13.4. The Labute approximate surface area is 140 Å². The first-order valence-electron chi connectivity index (χ1n) is 7.96. The second-order valence-corrected chi connectivity index (χ2v) is 5.77. The molecule has 0 aliphatic heterocycles. The van der Waals surface area contributed by atoms with Crippen LogP contribution >= 0.6 is 0 Å². The quantitative estimate of drug-likeness (QED) is 0.883. The van der Waals surface area contributed by atoms with E-state index in [4.69, 9.17) is 9.84 Å². The first-order chi connectivity index (χ1) is 11.6.